The Morgan fingerprint density at radius 3 is 3.00 bits per heavy atom. The average Bonchev–Trinajstić information content (AvgIpc) is 3.00. The van der Waals surface area contributed by atoms with Crippen molar-refractivity contribution in [2.75, 3.05) is 26.7 Å². The summed E-state index contributed by atoms with van der Waals surface area (Å²) in [6.45, 7) is 5.17. The summed E-state index contributed by atoms with van der Waals surface area (Å²) in [6.07, 6.45) is 1.01. The molecule has 5 heteroatoms. The van der Waals surface area contributed by atoms with E-state index in [1.54, 1.807) is 7.11 Å². The predicted octanol–water partition coefficient (Wildman–Crippen LogP) is 1.60. The molecule has 0 amide bonds. The van der Waals surface area contributed by atoms with Gasteiger partial charge in [-0.15, -0.1) is 0 Å². The smallest absolute Gasteiger partial charge is 0.326 e. The first-order valence-electron chi connectivity index (χ1n) is 6.74. The molecule has 2 aromatic rings. The van der Waals surface area contributed by atoms with Crippen molar-refractivity contribution >= 4 is 11.0 Å². The molecule has 1 saturated heterocycles. The zero-order chi connectivity index (χ0) is 13.4. The number of benzene rings is 1. The number of rotatable bonds is 3. The molecule has 1 N–H and O–H groups in total. The monoisotopic (exact) mass is 261 g/mol. The van der Waals surface area contributed by atoms with Crippen LogP contribution in [0.15, 0.2) is 23.0 Å². The van der Waals surface area contributed by atoms with Gasteiger partial charge in [0.2, 0.25) is 0 Å². The third-order valence-corrected chi connectivity index (χ3v) is 3.98. The average molecular weight is 261 g/mol. The summed E-state index contributed by atoms with van der Waals surface area (Å²) in [6, 6.07) is 5.95. The number of nitrogens with zero attached hydrogens (tertiary/aromatic N) is 2. The Morgan fingerprint density at radius 1 is 1.47 bits per heavy atom. The summed E-state index contributed by atoms with van der Waals surface area (Å²) in [5.41, 5.74) is 1.69. The minimum atomic E-state index is -0.0394. The van der Waals surface area contributed by atoms with Gasteiger partial charge in [-0.3, -0.25) is 4.57 Å². The fourth-order valence-corrected chi connectivity index (χ4v) is 2.97. The first-order valence-corrected chi connectivity index (χ1v) is 6.74. The fourth-order valence-electron chi connectivity index (χ4n) is 2.97. The number of aromatic nitrogens is 2. The van der Waals surface area contributed by atoms with Crippen LogP contribution in [0.3, 0.4) is 0 Å². The predicted molar refractivity (Wildman–Crippen MR) is 74.9 cm³/mol. The molecule has 1 aliphatic heterocycles. The second-order valence-electron chi connectivity index (χ2n) is 4.99. The molecular formula is C14H19N3O2. The number of methoxy groups -OCH3 is 1. The third kappa shape index (κ3) is 1.94. The normalized spacial score (nSPS) is 20.2. The number of nitrogens with one attached hydrogen (secondary N) is 1. The molecule has 0 bridgehead atoms. The van der Waals surface area contributed by atoms with E-state index in [2.05, 4.69) is 16.8 Å². The lowest BCUT2D eigenvalue weighted by Crippen LogP contribution is -2.26. The van der Waals surface area contributed by atoms with Gasteiger partial charge in [0.1, 0.15) is 11.3 Å². The van der Waals surface area contributed by atoms with Crippen LogP contribution in [0.2, 0.25) is 0 Å². The van der Waals surface area contributed by atoms with E-state index >= 15 is 0 Å². The van der Waals surface area contributed by atoms with E-state index in [1.165, 1.54) is 0 Å². The Bertz CT molecular complexity index is 644. The molecule has 0 saturated carbocycles. The standard InChI is InChI=1S/C14H19N3O2/c1-3-16-8-7-10(9-16)17-13-11(15-14(17)18)5-4-6-12(13)19-2/h4-6,10H,3,7-9H2,1-2H3,(H,15,18). The van der Waals surface area contributed by atoms with Crippen molar-refractivity contribution in [3.05, 3.63) is 28.7 Å². The molecule has 102 valence electrons. The SMILES string of the molecule is CCN1CCC(n2c(=O)[nH]c3cccc(OC)c32)C1. The zero-order valence-corrected chi connectivity index (χ0v) is 11.3. The van der Waals surface area contributed by atoms with E-state index in [4.69, 9.17) is 4.74 Å². The maximum Gasteiger partial charge on any atom is 0.326 e. The van der Waals surface area contributed by atoms with Gasteiger partial charge in [-0.1, -0.05) is 13.0 Å². The molecule has 5 nitrogen and oxygen atoms in total. The van der Waals surface area contributed by atoms with Crippen molar-refractivity contribution < 1.29 is 4.74 Å². The summed E-state index contributed by atoms with van der Waals surface area (Å²) in [5.74, 6) is 0.755. The van der Waals surface area contributed by atoms with E-state index in [9.17, 15) is 4.79 Å². The lowest BCUT2D eigenvalue weighted by molar-refractivity contribution is 0.340. The Balaban J connectivity index is 2.13. The number of likely N-dealkylation sites (tertiary alicyclic amines) is 1. The van der Waals surface area contributed by atoms with Crippen molar-refractivity contribution in [2.45, 2.75) is 19.4 Å². The Kier molecular flexibility index (Phi) is 3.06. The van der Waals surface area contributed by atoms with E-state index in [0.29, 0.717) is 0 Å². The van der Waals surface area contributed by atoms with Gasteiger partial charge in [0.15, 0.2) is 0 Å². The zero-order valence-electron chi connectivity index (χ0n) is 11.3. The molecule has 1 unspecified atom stereocenters. The summed E-state index contributed by atoms with van der Waals surface area (Å²) < 4.78 is 7.27. The van der Waals surface area contributed by atoms with Crippen molar-refractivity contribution in [3.8, 4) is 5.75 Å². The molecule has 0 spiro atoms. The van der Waals surface area contributed by atoms with E-state index in [-0.39, 0.29) is 11.7 Å². The molecule has 1 fully saturated rings. The van der Waals surface area contributed by atoms with Gasteiger partial charge in [0, 0.05) is 13.1 Å². The van der Waals surface area contributed by atoms with Crippen LogP contribution in [0.1, 0.15) is 19.4 Å². The first kappa shape index (κ1) is 12.3. The maximum atomic E-state index is 12.2. The van der Waals surface area contributed by atoms with Crippen molar-refractivity contribution in [1.29, 1.82) is 0 Å². The van der Waals surface area contributed by atoms with E-state index < -0.39 is 0 Å². The molecule has 19 heavy (non-hydrogen) atoms. The fraction of sp³-hybridized carbons (Fsp3) is 0.500. The number of hydrogen-bond acceptors (Lipinski definition) is 3. The van der Waals surface area contributed by atoms with Gasteiger partial charge in [-0.2, -0.15) is 0 Å². The van der Waals surface area contributed by atoms with Crippen LogP contribution in [0, 0.1) is 0 Å². The summed E-state index contributed by atoms with van der Waals surface area (Å²) in [5, 5.41) is 0. The second kappa shape index (κ2) is 4.74. The van der Waals surface area contributed by atoms with Crippen LogP contribution < -0.4 is 10.4 Å². The summed E-state index contributed by atoms with van der Waals surface area (Å²) in [4.78, 5) is 17.5. The Labute approximate surface area is 111 Å². The van der Waals surface area contributed by atoms with Gasteiger partial charge in [-0.25, -0.2) is 4.79 Å². The first-order chi connectivity index (χ1) is 9.24. The minimum Gasteiger partial charge on any atom is -0.494 e. The highest BCUT2D eigenvalue weighted by molar-refractivity contribution is 5.82. The molecule has 1 aliphatic rings. The molecule has 0 aliphatic carbocycles. The maximum absolute atomic E-state index is 12.2. The molecule has 2 heterocycles. The Hall–Kier alpha value is -1.75. The van der Waals surface area contributed by atoms with E-state index in [0.717, 1.165) is 42.8 Å². The third-order valence-electron chi connectivity index (χ3n) is 3.98. The Morgan fingerprint density at radius 2 is 2.32 bits per heavy atom. The van der Waals surface area contributed by atoms with Gasteiger partial charge >= 0.3 is 5.69 Å². The molecular weight excluding hydrogens is 242 g/mol. The van der Waals surface area contributed by atoms with Crippen LogP contribution in [0.5, 0.6) is 5.75 Å². The number of fused-ring (bicyclic) bond motifs is 1. The largest absolute Gasteiger partial charge is 0.494 e. The second-order valence-corrected chi connectivity index (χ2v) is 4.99. The number of ether oxygens (including phenoxy) is 1. The summed E-state index contributed by atoms with van der Waals surface area (Å²) in [7, 11) is 1.64. The highest BCUT2D eigenvalue weighted by Gasteiger charge is 2.26. The highest BCUT2D eigenvalue weighted by Crippen LogP contribution is 2.29. The quantitative estimate of drug-likeness (QED) is 0.913. The van der Waals surface area contributed by atoms with Gasteiger partial charge < -0.3 is 14.6 Å². The topological polar surface area (TPSA) is 50.3 Å². The number of imidazole rings is 1. The molecule has 1 atom stereocenters. The van der Waals surface area contributed by atoms with Crippen molar-refractivity contribution in [3.63, 3.8) is 0 Å². The van der Waals surface area contributed by atoms with E-state index in [1.807, 2.05) is 22.8 Å². The van der Waals surface area contributed by atoms with Crippen LogP contribution in [0.25, 0.3) is 11.0 Å². The van der Waals surface area contributed by atoms with Gasteiger partial charge in [0.25, 0.3) is 0 Å². The number of hydrogen-bond donors (Lipinski definition) is 1. The molecule has 0 radical (unpaired) electrons. The van der Waals surface area contributed by atoms with Crippen LogP contribution in [0.4, 0.5) is 0 Å². The lowest BCUT2D eigenvalue weighted by atomic mass is 10.2. The lowest BCUT2D eigenvalue weighted by Gasteiger charge is -2.15. The number of likely N-dealkylation sites (N-methyl/N-ethyl adjacent to an activating group) is 1. The summed E-state index contributed by atoms with van der Waals surface area (Å²) >= 11 is 0. The van der Waals surface area contributed by atoms with Crippen molar-refractivity contribution in [1.82, 2.24) is 14.5 Å². The van der Waals surface area contributed by atoms with Crippen LogP contribution in [-0.2, 0) is 0 Å². The van der Waals surface area contributed by atoms with Gasteiger partial charge in [0.05, 0.1) is 18.7 Å². The number of H-pyrrole nitrogens is 1. The van der Waals surface area contributed by atoms with Crippen molar-refractivity contribution in [2.24, 2.45) is 0 Å². The highest BCUT2D eigenvalue weighted by atomic mass is 16.5. The molecule has 1 aromatic heterocycles. The van der Waals surface area contributed by atoms with Crippen LogP contribution in [-0.4, -0.2) is 41.2 Å². The molecule has 3 rings (SSSR count). The van der Waals surface area contributed by atoms with Gasteiger partial charge in [-0.05, 0) is 25.1 Å². The number of aromatic amines is 1. The number of para-hydroxylation sites is 1. The van der Waals surface area contributed by atoms with Crippen LogP contribution >= 0.6 is 0 Å². The minimum absolute atomic E-state index is 0.0394. The molecule has 1 aromatic carbocycles.